The summed E-state index contributed by atoms with van der Waals surface area (Å²) in [6, 6.07) is 0. The van der Waals surface area contributed by atoms with Gasteiger partial charge in [0.1, 0.15) is 19.3 Å². The molecule has 104 heavy (non-hydrogen) atoms. The van der Waals surface area contributed by atoms with Gasteiger partial charge in [-0.3, -0.25) is 37.3 Å². The van der Waals surface area contributed by atoms with Gasteiger partial charge in [0.25, 0.3) is 0 Å². The summed E-state index contributed by atoms with van der Waals surface area (Å²) in [5, 5.41) is 10.7. The Morgan fingerprint density at radius 3 is 0.837 bits per heavy atom. The Morgan fingerprint density at radius 2 is 0.519 bits per heavy atom. The van der Waals surface area contributed by atoms with E-state index in [0.29, 0.717) is 32.1 Å². The molecule has 19 heteroatoms. The van der Waals surface area contributed by atoms with E-state index >= 15 is 0 Å². The van der Waals surface area contributed by atoms with Crippen LogP contribution in [0.1, 0.15) is 362 Å². The summed E-state index contributed by atoms with van der Waals surface area (Å²) in [7, 11) is -9.97. The lowest BCUT2D eigenvalue weighted by atomic mass is 10.0. The van der Waals surface area contributed by atoms with Crippen molar-refractivity contribution in [3.8, 4) is 0 Å². The largest absolute Gasteiger partial charge is 0.472 e. The van der Waals surface area contributed by atoms with E-state index in [4.69, 9.17) is 37.0 Å². The normalized spacial score (nSPS) is 14.3. The highest BCUT2D eigenvalue weighted by atomic mass is 31.2. The molecule has 0 fully saturated rings. The van der Waals surface area contributed by atoms with Gasteiger partial charge in [0.15, 0.2) is 12.2 Å². The SMILES string of the molecule is CC/C=C\C/C=C\C/C=C\C/C=C\C/C=C\C/C=C\CCC(=O)OC[C@H](COP(=O)(O)OC[C@@H](O)COP(=O)(O)OC[C@@H](COC(=O)CCCCCCCCCCCCCCCCC)OC(=O)CCCCCCCCC/C=C\CCCCCC)OC(=O)CCCCCCC/C=C\CCCCCCCC. The first-order valence-corrected chi connectivity index (χ1v) is 44.5. The summed E-state index contributed by atoms with van der Waals surface area (Å²) >= 11 is 0. The zero-order valence-electron chi connectivity index (χ0n) is 65.9. The lowest BCUT2D eigenvalue weighted by Crippen LogP contribution is -2.30. The van der Waals surface area contributed by atoms with Crippen LogP contribution >= 0.6 is 15.6 Å². The predicted octanol–water partition coefficient (Wildman–Crippen LogP) is 24.3. The van der Waals surface area contributed by atoms with Gasteiger partial charge in [-0.1, -0.05) is 318 Å². The number of rotatable bonds is 78. The van der Waals surface area contributed by atoms with Crippen LogP contribution in [-0.2, 0) is 65.4 Å². The van der Waals surface area contributed by atoms with Crippen molar-refractivity contribution in [1.29, 1.82) is 0 Å². The van der Waals surface area contributed by atoms with Crippen LogP contribution in [-0.4, -0.2) is 96.7 Å². The lowest BCUT2D eigenvalue weighted by molar-refractivity contribution is -0.161. The van der Waals surface area contributed by atoms with Crippen molar-refractivity contribution >= 4 is 39.5 Å². The Hall–Kier alpha value is -4.02. The third-order valence-corrected chi connectivity index (χ3v) is 19.4. The van der Waals surface area contributed by atoms with Crippen molar-refractivity contribution in [2.24, 2.45) is 0 Å². The summed E-state index contributed by atoms with van der Waals surface area (Å²) in [6.45, 7) is 4.71. The maximum atomic E-state index is 13.1. The molecular formula is C85H150O17P2. The van der Waals surface area contributed by atoms with Crippen molar-refractivity contribution in [1.82, 2.24) is 0 Å². The van der Waals surface area contributed by atoms with Crippen LogP contribution in [0.25, 0.3) is 0 Å². The van der Waals surface area contributed by atoms with Gasteiger partial charge in [-0.05, 0) is 116 Å². The van der Waals surface area contributed by atoms with Crippen LogP contribution in [0, 0.1) is 0 Å². The standard InChI is InChI=1S/C85H150O17P2/c1-5-9-13-17-21-25-29-33-37-38-39-40-44-46-50-54-58-62-66-70-83(88)96-76-81(102-85(90)72-68-64-60-56-52-48-43-36-32-28-24-20-16-12-8-4)78-100-104(93,94)98-74-79(86)73-97-103(91,92)99-77-80(101-84(89)71-67-63-59-55-51-47-42-35-31-27-23-19-15-11-7-3)75-95-82(87)69-65-61-57-53-49-45-41-34-30-26-22-18-14-10-6-2/h9,13,21,25,27,31,33,36-37,39-40,43,46,50,58,62,79-81,86H,5-8,10-12,14-20,22-24,26,28-30,32,34-35,38,41-42,44-45,47-49,51-57,59-61,63-78H2,1-4H3,(H,91,92)(H,93,94)/b13-9-,25-21-,31-27-,37-33-,40-39-,43-36-,50-46-,62-58-/t79-,80+,81+/m0/s1. The predicted molar refractivity (Wildman–Crippen MR) is 427 cm³/mol. The van der Waals surface area contributed by atoms with Gasteiger partial charge in [-0.2, -0.15) is 0 Å². The van der Waals surface area contributed by atoms with E-state index in [1.165, 1.54) is 135 Å². The molecule has 0 amide bonds. The second kappa shape index (κ2) is 77.1. The molecule has 0 spiro atoms. The fourth-order valence-electron chi connectivity index (χ4n) is 11.2. The maximum Gasteiger partial charge on any atom is 0.472 e. The molecule has 0 heterocycles. The summed E-state index contributed by atoms with van der Waals surface area (Å²) in [5.41, 5.74) is 0. The minimum Gasteiger partial charge on any atom is -0.462 e. The molecule has 2 unspecified atom stereocenters. The van der Waals surface area contributed by atoms with Gasteiger partial charge in [-0.25, -0.2) is 9.13 Å². The van der Waals surface area contributed by atoms with Gasteiger partial charge >= 0.3 is 39.5 Å². The summed E-state index contributed by atoms with van der Waals surface area (Å²) in [5.74, 6) is -2.26. The minimum absolute atomic E-state index is 0.0352. The van der Waals surface area contributed by atoms with E-state index in [2.05, 4.69) is 107 Å². The topological polar surface area (TPSA) is 237 Å². The third kappa shape index (κ3) is 76.2. The van der Waals surface area contributed by atoms with Crippen LogP contribution in [0.2, 0.25) is 0 Å². The first-order chi connectivity index (χ1) is 50.7. The number of unbranched alkanes of at least 4 members (excludes halogenated alkanes) is 36. The molecule has 0 saturated carbocycles. The van der Waals surface area contributed by atoms with Crippen LogP contribution in [0.3, 0.4) is 0 Å². The molecule has 602 valence electrons. The Morgan fingerprint density at radius 1 is 0.279 bits per heavy atom. The molecule has 0 radical (unpaired) electrons. The molecule has 0 aliphatic rings. The number of carbonyl (C=O) groups is 4. The molecule has 17 nitrogen and oxygen atoms in total. The van der Waals surface area contributed by atoms with Crippen LogP contribution in [0.5, 0.6) is 0 Å². The van der Waals surface area contributed by atoms with E-state index in [9.17, 15) is 43.2 Å². The Balaban J connectivity index is 5.41. The van der Waals surface area contributed by atoms with Gasteiger partial charge in [0, 0.05) is 25.7 Å². The quantitative estimate of drug-likeness (QED) is 0.0169. The summed E-state index contributed by atoms with van der Waals surface area (Å²) in [6.07, 6.45) is 82.5. The highest BCUT2D eigenvalue weighted by Crippen LogP contribution is 2.45. The highest BCUT2D eigenvalue weighted by Gasteiger charge is 2.30. The second-order valence-corrected chi connectivity index (χ2v) is 30.6. The van der Waals surface area contributed by atoms with Crippen molar-refractivity contribution in [2.75, 3.05) is 39.6 Å². The van der Waals surface area contributed by atoms with E-state index < -0.39 is 97.5 Å². The van der Waals surface area contributed by atoms with E-state index in [0.717, 1.165) is 141 Å². The maximum absolute atomic E-state index is 13.1. The monoisotopic (exact) mass is 1510 g/mol. The van der Waals surface area contributed by atoms with E-state index in [1.807, 2.05) is 18.2 Å². The van der Waals surface area contributed by atoms with Gasteiger partial charge < -0.3 is 33.8 Å². The fourth-order valence-corrected chi connectivity index (χ4v) is 12.8. The summed E-state index contributed by atoms with van der Waals surface area (Å²) < 4.78 is 68.6. The number of hydrogen-bond acceptors (Lipinski definition) is 15. The molecule has 0 aromatic rings. The first kappa shape index (κ1) is 100.0. The molecule has 0 bridgehead atoms. The molecule has 0 aliphatic carbocycles. The number of carbonyl (C=O) groups excluding carboxylic acids is 4. The van der Waals surface area contributed by atoms with Crippen molar-refractivity contribution in [3.05, 3.63) is 97.2 Å². The number of aliphatic hydroxyl groups excluding tert-OH is 1. The first-order valence-electron chi connectivity index (χ1n) is 41.5. The van der Waals surface area contributed by atoms with Crippen LogP contribution in [0.4, 0.5) is 0 Å². The van der Waals surface area contributed by atoms with Crippen molar-refractivity contribution in [2.45, 2.75) is 380 Å². The molecule has 3 N–H and O–H groups in total. The number of hydrogen-bond donors (Lipinski definition) is 3. The second-order valence-electron chi connectivity index (χ2n) is 27.7. The fraction of sp³-hybridized carbons (Fsp3) is 0.765. The highest BCUT2D eigenvalue weighted by molar-refractivity contribution is 7.47. The van der Waals surface area contributed by atoms with Gasteiger partial charge in [0.05, 0.1) is 26.4 Å². The number of phosphoric ester groups is 2. The molecule has 0 aliphatic heterocycles. The smallest absolute Gasteiger partial charge is 0.462 e. The van der Waals surface area contributed by atoms with E-state index in [1.54, 1.807) is 0 Å². The van der Waals surface area contributed by atoms with Crippen LogP contribution in [0.15, 0.2) is 97.2 Å². The summed E-state index contributed by atoms with van der Waals surface area (Å²) in [4.78, 5) is 73.1. The van der Waals surface area contributed by atoms with Crippen molar-refractivity contribution < 1.29 is 80.2 Å². The minimum atomic E-state index is -4.99. The Bertz CT molecular complexity index is 2350. The zero-order valence-corrected chi connectivity index (χ0v) is 67.7. The number of ether oxygens (including phenoxy) is 4. The van der Waals surface area contributed by atoms with E-state index in [-0.39, 0.29) is 25.7 Å². The Labute approximate surface area is 633 Å². The lowest BCUT2D eigenvalue weighted by Gasteiger charge is -2.21. The Kier molecular flexibility index (Phi) is 74.2. The van der Waals surface area contributed by atoms with Gasteiger partial charge in [-0.15, -0.1) is 0 Å². The third-order valence-electron chi connectivity index (χ3n) is 17.5. The van der Waals surface area contributed by atoms with Crippen LogP contribution < -0.4 is 0 Å². The number of aliphatic hydroxyl groups is 1. The van der Waals surface area contributed by atoms with Gasteiger partial charge in [0.2, 0.25) is 0 Å². The molecule has 0 saturated heterocycles. The average Bonchev–Trinajstić information content (AvgIpc) is 0.918. The molecular weight excluding hydrogens is 1350 g/mol. The van der Waals surface area contributed by atoms with Crippen molar-refractivity contribution in [3.63, 3.8) is 0 Å². The number of allylic oxidation sites excluding steroid dienone is 16. The number of esters is 4. The molecule has 0 rings (SSSR count). The number of phosphoric acid groups is 2. The average molecular weight is 1510 g/mol. The molecule has 0 aromatic carbocycles. The zero-order chi connectivity index (χ0) is 76.0. The molecule has 5 atom stereocenters. The molecule has 0 aromatic heterocycles.